The number of hydrogen-bond acceptors (Lipinski definition) is 5. The first kappa shape index (κ1) is 20.7. The van der Waals surface area contributed by atoms with Crippen molar-refractivity contribution in [3.05, 3.63) is 83.9 Å². The van der Waals surface area contributed by atoms with E-state index in [1.54, 1.807) is 42.5 Å². The highest BCUT2D eigenvalue weighted by atomic mass is 32.2. The molecule has 164 valence electrons. The Morgan fingerprint density at radius 1 is 0.969 bits per heavy atom. The first-order valence-corrected chi connectivity index (χ1v) is 12.0. The van der Waals surface area contributed by atoms with Crippen molar-refractivity contribution >= 4 is 15.8 Å². The molecule has 5 rings (SSSR count). The Labute approximate surface area is 187 Å². The maximum atomic E-state index is 13.3. The van der Waals surface area contributed by atoms with Crippen LogP contribution in [0.4, 0.5) is 0 Å². The van der Waals surface area contributed by atoms with Gasteiger partial charge in [-0.2, -0.15) is 4.31 Å². The number of benzene rings is 3. The number of para-hydroxylation sites is 2. The molecule has 0 aliphatic carbocycles. The lowest BCUT2D eigenvalue weighted by Crippen LogP contribution is -2.45. The first-order valence-electron chi connectivity index (χ1n) is 10.5. The Balaban J connectivity index is 1.33. The molecule has 1 atom stereocenters. The van der Waals surface area contributed by atoms with Crippen molar-refractivity contribution in [2.75, 3.05) is 13.1 Å². The lowest BCUT2D eigenvalue weighted by Gasteiger charge is -2.34. The number of carbonyl (C=O) groups excluding carboxylic acids is 1. The van der Waals surface area contributed by atoms with Gasteiger partial charge >= 0.3 is 0 Å². The molecule has 3 aromatic rings. The smallest absolute Gasteiger partial charge is 0.243 e. The lowest BCUT2D eigenvalue weighted by molar-refractivity contribution is 0.0498. The standard InChI is InChI=1S/C25H23NO5S/c1-18-6-2-4-8-23(18)30-19-10-12-20(13-11-19)32(28,29)26-15-14-25(17-26)16-22(27)21-7-3-5-9-24(21)31-25/h2-13H,14-17H2,1H3. The highest BCUT2D eigenvalue weighted by Crippen LogP contribution is 2.40. The molecule has 0 amide bonds. The van der Waals surface area contributed by atoms with Gasteiger partial charge in [-0.25, -0.2) is 8.42 Å². The maximum Gasteiger partial charge on any atom is 0.243 e. The van der Waals surface area contributed by atoms with E-state index in [2.05, 4.69) is 0 Å². The number of hydrogen-bond donors (Lipinski definition) is 0. The fraction of sp³-hybridized carbons (Fsp3) is 0.240. The van der Waals surface area contributed by atoms with Gasteiger partial charge in [0, 0.05) is 13.0 Å². The van der Waals surface area contributed by atoms with Gasteiger partial charge in [0.05, 0.1) is 23.4 Å². The molecule has 1 unspecified atom stereocenters. The van der Waals surface area contributed by atoms with E-state index in [1.807, 2.05) is 37.3 Å². The number of ketones is 1. The average molecular weight is 450 g/mol. The van der Waals surface area contributed by atoms with Crippen molar-refractivity contribution in [1.29, 1.82) is 0 Å². The third-order valence-corrected chi connectivity index (χ3v) is 7.92. The summed E-state index contributed by atoms with van der Waals surface area (Å²) in [5.74, 6) is 1.81. The van der Waals surface area contributed by atoms with Crippen molar-refractivity contribution in [3.8, 4) is 17.2 Å². The molecular weight excluding hydrogens is 426 g/mol. The molecule has 1 spiro atoms. The zero-order valence-corrected chi connectivity index (χ0v) is 18.5. The summed E-state index contributed by atoms with van der Waals surface area (Å²) in [6.07, 6.45) is 0.653. The van der Waals surface area contributed by atoms with Gasteiger partial charge < -0.3 is 9.47 Å². The molecule has 0 N–H and O–H groups in total. The SMILES string of the molecule is Cc1ccccc1Oc1ccc(S(=O)(=O)N2CCC3(CC(=O)c4ccccc4O3)C2)cc1. The minimum absolute atomic E-state index is 0.0104. The van der Waals surface area contributed by atoms with Gasteiger partial charge in [0.25, 0.3) is 0 Å². The Kier molecular flexibility index (Phi) is 5.03. The van der Waals surface area contributed by atoms with Crippen LogP contribution in [-0.4, -0.2) is 37.2 Å². The molecule has 0 bridgehead atoms. The number of sulfonamides is 1. The topological polar surface area (TPSA) is 72.9 Å². The van der Waals surface area contributed by atoms with Crippen LogP contribution in [0.3, 0.4) is 0 Å². The largest absolute Gasteiger partial charge is 0.485 e. The van der Waals surface area contributed by atoms with E-state index in [0.717, 1.165) is 11.3 Å². The van der Waals surface area contributed by atoms with Crippen LogP contribution in [-0.2, 0) is 10.0 Å². The molecule has 0 aromatic heterocycles. The van der Waals surface area contributed by atoms with E-state index < -0.39 is 15.6 Å². The van der Waals surface area contributed by atoms with E-state index in [9.17, 15) is 13.2 Å². The monoisotopic (exact) mass is 449 g/mol. The van der Waals surface area contributed by atoms with E-state index >= 15 is 0 Å². The normalized spacial score (nSPS) is 20.7. The quantitative estimate of drug-likeness (QED) is 0.583. The first-order chi connectivity index (χ1) is 15.4. The summed E-state index contributed by atoms with van der Waals surface area (Å²) in [7, 11) is -3.72. The number of nitrogens with zero attached hydrogens (tertiary/aromatic N) is 1. The van der Waals surface area contributed by atoms with Gasteiger partial charge in [-0.3, -0.25) is 4.79 Å². The second-order valence-electron chi connectivity index (χ2n) is 8.31. The van der Waals surface area contributed by atoms with Crippen LogP contribution in [0.15, 0.2) is 77.7 Å². The van der Waals surface area contributed by atoms with Gasteiger partial charge in [-0.15, -0.1) is 0 Å². The summed E-state index contributed by atoms with van der Waals surface area (Å²) >= 11 is 0. The molecule has 6 nitrogen and oxygen atoms in total. The Morgan fingerprint density at radius 2 is 1.69 bits per heavy atom. The predicted octanol–water partition coefficient (Wildman–Crippen LogP) is 4.59. The predicted molar refractivity (Wildman–Crippen MR) is 120 cm³/mol. The zero-order valence-electron chi connectivity index (χ0n) is 17.7. The minimum Gasteiger partial charge on any atom is -0.485 e. The van der Waals surface area contributed by atoms with Crippen LogP contribution in [0.5, 0.6) is 17.2 Å². The summed E-state index contributed by atoms with van der Waals surface area (Å²) in [6, 6.07) is 21.2. The van der Waals surface area contributed by atoms with Gasteiger partial charge in [-0.1, -0.05) is 30.3 Å². The molecule has 2 aliphatic heterocycles. The second kappa shape index (κ2) is 7.76. The summed E-state index contributed by atoms with van der Waals surface area (Å²) in [5, 5.41) is 0. The molecule has 32 heavy (non-hydrogen) atoms. The third kappa shape index (κ3) is 3.67. The highest BCUT2D eigenvalue weighted by molar-refractivity contribution is 7.89. The lowest BCUT2D eigenvalue weighted by atomic mass is 9.89. The number of aryl methyl sites for hydroxylation is 1. The van der Waals surface area contributed by atoms with Crippen molar-refractivity contribution < 1.29 is 22.7 Å². The van der Waals surface area contributed by atoms with Crippen molar-refractivity contribution in [2.45, 2.75) is 30.3 Å². The highest BCUT2D eigenvalue weighted by Gasteiger charge is 2.48. The van der Waals surface area contributed by atoms with Crippen LogP contribution in [0.1, 0.15) is 28.8 Å². The van der Waals surface area contributed by atoms with Crippen molar-refractivity contribution in [3.63, 3.8) is 0 Å². The van der Waals surface area contributed by atoms with E-state index in [0.29, 0.717) is 30.0 Å². The Hall–Kier alpha value is -3.16. The zero-order chi connectivity index (χ0) is 22.3. The molecule has 0 radical (unpaired) electrons. The molecular formula is C25H23NO5S. The van der Waals surface area contributed by atoms with Crippen LogP contribution in [0.25, 0.3) is 0 Å². The van der Waals surface area contributed by atoms with Gasteiger partial charge in [-0.05, 0) is 55.0 Å². The number of rotatable bonds is 4. The molecule has 7 heteroatoms. The second-order valence-corrected chi connectivity index (χ2v) is 10.2. The average Bonchev–Trinajstić information content (AvgIpc) is 3.19. The molecule has 1 fully saturated rings. The molecule has 1 saturated heterocycles. The van der Waals surface area contributed by atoms with Gasteiger partial charge in [0.2, 0.25) is 10.0 Å². The fourth-order valence-corrected chi connectivity index (χ4v) is 5.83. The molecule has 2 heterocycles. The summed E-state index contributed by atoms with van der Waals surface area (Å²) < 4.78 is 40.0. The van der Waals surface area contributed by atoms with E-state index in [1.165, 1.54) is 4.31 Å². The number of carbonyl (C=O) groups is 1. The molecule has 3 aromatic carbocycles. The van der Waals surface area contributed by atoms with Crippen LogP contribution >= 0.6 is 0 Å². The van der Waals surface area contributed by atoms with Crippen molar-refractivity contribution in [2.24, 2.45) is 0 Å². The third-order valence-electron chi connectivity index (χ3n) is 6.06. The molecule has 2 aliphatic rings. The Bertz CT molecular complexity index is 1290. The van der Waals surface area contributed by atoms with Crippen LogP contribution in [0, 0.1) is 6.92 Å². The Morgan fingerprint density at radius 3 is 2.47 bits per heavy atom. The van der Waals surface area contributed by atoms with E-state index in [4.69, 9.17) is 9.47 Å². The summed E-state index contributed by atoms with van der Waals surface area (Å²) in [6.45, 7) is 2.41. The number of Topliss-reactive ketones (excluding diaryl/α,β-unsaturated/α-hetero) is 1. The fourth-order valence-electron chi connectivity index (χ4n) is 4.31. The maximum absolute atomic E-state index is 13.3. The van der Waals surface area contributed by atoms with Crippen LogP contribution in [0.2, 0.25) is 0 Å². The number of fused-ring (bicyclic) bond motifs is 1. The van der Waals surface area contributed by atoms with Gasteiger partial charge in [0.15, 0.2) is 5.78 Å². The molecule has 0 saturated carbocycles. The van der Waals surface area contributed by atoms with E-state index in [-0.39, 0.29) is 23.6 Å². The summed E-state index contributed by atoms with van der Waals surface area (Å²) in [5.41, 5.74) is 0.741. The van der Waals surface area contributed by atoms with Gasteiger partial charge in [0.1, 0.15) is 22.8 Å². The number of ether oxygens (including phenoxy) is 2. The van der Waals surface area contributed by atoms with Crippen LogP contribution < -0.4 is 9.47 Å². The minimum atomic E-state index is -3.72. The van der Waals surface area contributed by atoms with Crippen molar-refractivity contribution in [1.82, 2.24) is 4.31 Å². The summed E-state index contributed by atoms with van der Waals surface area (Å²) in [4.78, 5) is 12.8.